The van der Waals surface area contributed by atoms with Gasteiger partial charge in [0.05, 0.1) is 19.3 Å². The van der Waals surface area contributed by atoms with Crippen LogP contribution in [0, 0.1) is 0 Å². The number of hydrogen-bond donors (Lipinski definition) is 2. The Morgan fingerprint density at radius 1 is 1.21 bits per heavy atom. The van der Waals surface area contributed by atoms with E-state index < -0.39 is 0 Å². The molecule has 0 spiro atoms. The van der Waals surface area contributed by atoms with Crippen molar-refractivity contribution in [3.8, 4) is 17.0 Å². The van der Waals surface area contributed by atoms with Gasteiger partial charge in [-0.3, -0.25) is 0 Å². The normalized spacial score (nSPS) is 11.3. The van der Waals surface area contributed by atoms with Crippen molar-refractivity contribution in [2.24, 2.45) is 10.7 Å². The minimum Gasteiger partial charge on any atom is -0.497 e. The molecule has 122 valence electrons. The van der Waals surface area contributed by atoms with Gasteiger partial charge in [-0.1, -0.05) is 36.4 Å². The molecule has 0 amide bonds. The summed E-state index contributed by atoms with van der Waals surface area (Å²) in [5.41, 5.74) is 8.84. The van der Waals surface area contributed by atoms with Crippen LogP contribution in [-0.2, 0) is 6.54 Å². The Kier molecular flexibility index (Phi) is 5.08. The van der Waals surface area contributed by atoms with Crippen LogP contribution in [0.1, 0.15) is 5.01 Å². The van der Waals surface area contributed by atoms with Crippen molar-refractivity contribution in [3.05, 3.63) is 65.0 Å². The third-order valence-electron chi connectivity index (χ3n) is 3.35. The van der Waals surface area contributed by atoms with Crippen molar-refractivity contribution in [3.63, 3.8) is 0 Å². The van der Waals surface area contributed by atoms with E-state index in [9.17, 15) is 0 Å². The Hall–Kier alpha value is -2.86. The number of nitrogens with one attached hydrogen (secondary N) is 1. The van der Waals surface area contributed by atoms with Crippen molar-refractivity contribution in [2.75, 3.05) is 12.4 Å². The summed E-state index contributed by atoms with van der Waals surface area (Å²) in [5, 5.41) is 6.00. The van der Waals surface area contributed by atoms with Crippen LogP contribution in [0.5, 0.6) is 5.75 Å². The average molecular weight is 338 g/mol. The topological polar surface area (TPSA) is 72.5 Å². The number of aliphatic imine (C=N–C) groups is 1. The summed E-state index contributed by atoms with van der Waals surface area (Å²) in [5.74, 6) is 1.11. The van der Waals surface area contributed by atoms with Gasteiger partial charge in [-0.2, -0.15) is 0 Å². The van der Waals surface area contributed by atoms with E-state index in [1.165, 1.54) is 0 Å². The number of methoxy groups -OCH3 is 1. The SMILES string of the molecule is COc1cccc(NC(N)=NCc2nc(-c3ccccc3)cs2)c1. The minimum absolute atomic E-state index is 0.347. The highest BCUT2D eigenvalue weighted by Gasteiger charge is 2.04. The standard InChI is InChI=1S/C18H18N4OS/c1-23-15-9-5-8-14(10-15)21-18(19)20-11-17-22-16(12-24-17)13-6-3-2-4-7-13/h2-10,12H,11H2,1H3,(H3,19,20,21). The van der Waals surface area contributed by atoms with Crippen molar-refractivity contribution in [2.45, 2.75) is 6.54 Å². The number of hydrogen-bond acceptors (Lipinski definition) is 4. The van der Waals surface area contributed by atoms with Gasteiger partial charge in [0.1, 0.15) is 10.8 Å². The van der Waals surface area contributed by atoms with E-state index in [4.69, 9.17) is 10.5 Å². The van der Waals surface area contributed by atoms with E-state index in [0.717, 1.165) is 27.7 Å². The smallest absolute Gasteiger partial charge is 0.193 e. The molecular weight excluding hydrogens is 320 g/mol. The Bertz CT molecular complexity index is 830. The molecule has 24 heavy (non-hydrogen) atoms. The molecule has 0 fully saturated rings. The van der Waals surface area contributed by atoms with Gasteiger partial charge in [0.15, 0.2) is 5.96 Å². The summed E-state index contributed by atoms with van der Waals surface area (Å²) in [6, 6.07) is 17.6. The first kappa shape index (κ1) is 16.0. The maximum absolute atomic E-state index is 5.94. The highest BCUT2D eigenvalue weighted by atomic mass is 32.1. The van der Waals surface area contributed by atoms with Crippen LogP contribution >= 0.6 is 11.3 Å². The molecule has 0 aliphatic heterocycles. The second-order valence-corrected chi connectivity index (χ2v) is 5.99. The lowest BCUT2D eigenvalue weighted by atomic mass is 10.2. The number of aromatic nitrogens is 1. The van der Waals surface area contributed by atoms with Crippen molar-refractivity contribution in [1.82, 2.24) is 4.98 Å². The number of benzene rings is 2. The third kappa shape index (κ3) is 4.11. The number of nitrogens with zero attached hydrogens (tertiary/aromatic N) is 2. The zero-order valence-electron chi connectivity index (χ0n) is 13.3. The van der Waals surface area contributed by atoms with Crippen LogP contribution < -0.4 is 15.8 Å². The van der Waals surface area contributed by atoms with Crippen LogP contribution in [0.25, 0.3) is 11.3 Å². The molecule has 0 aliphatic carbocycles. The fraction of sp³-hybridized carbons (Fsp3) is 0.111. The second-order valence-electron chi connectivity index (χ2n) is 5.05. The highest BCUT2D eigenvalue weighted by molar-refractivity contribution is 7.09. The van der Waals surface area contributed by atoms with Gasteiger partial charge >= 0.3 is 0 Å². The number of ether oxygens (including phenoxy) is 1. The number of guanidine groups is 1. The summed E-state index contributed by atoms with van der Waals surface area (Å²) in [4.78, 5) is 8.94. The predicted octanol–water partition coefficient (Wildman–Crippen LogP) is 3.75. The predicted molar refractivity (Wildman–Crippen MR) is 99.5 cm³/mol. The third-order valence-corrected chi connectivity index (χ3v) is 4.18. The monoisotopic (exact) mass is 338 g/mol. The quantitative estimate of drug-likeness (QED) is 0.549. The maximum Gasteiger partial charge on any atom is 0.193 e. The van der Waals surface area contributed by atoms with Gasteiger partial charge in [-0.15, -0.1) is 11.3 Å². The molecule has 0 atom stereocenters. The number of thiazole rings is 1. The van der Waals surface area contributed by atoms with E-state index in [2.05, 4.69) is 15.3 Å². The fourth-order valence-electron chi connectivity index (χ4n) is 2.17. The molecule has 3 N–H and O–H groups in total. The highest BCUT2D eigenvalue weighted by Crippen LogP contribution is 2.22. The van der Waals surface area contributed by atoms with Crippen LogP contribution in [0.4, 0.5) is 5.69 Å². The first-order valence-corrected chi connectivity index (χ1v) is 8.33. The molecule has 0 saturated heterocycles. The van der Waals surface area contributed by atoms with Crippen LogP contribution in [-0.4, -0.2) is 18.1 Å². The van der Waals surface area contributed by atoms with Crippen molar-refractivity contribution in [1.29, 1.82) is 0 Å². The molecule has 1 aromatic heterocycles. The van der Waals surface area contributed by atoms with Gasteiger partial charge in [0.25, 0.3) is 0 Å². The molecular formula is C18H18N4OS. The van der Waals surface area contributed by atoms with Gasteiger partial charge in [0, 0.05) is 22.7 Å². The summed E-state index contributed by atoms with van der Waals surface area (Å²) in [6.07, 6.45) is 0. The van der Waals surface area contributed by atoms with E-state index in [1.807, 2.05) is 60.0 Å². The first-order valence-electron chi connectivity index (χ1n) is 7.45. The summed E-state index contributed by atoms with van der Waals surface area (Å²) >= 11 is 1.58. The van der Waals surface area contributed by atoms with Gasteiger partial charge < -0.3 is 15.8 Å². The van der Waals surface area contributed by atoms with E-state index in [1.54, 1.807) is 18.4 Å². The number of anilines is 1. The first-order chi connectivity index (χ1) is 11.7. The maximum atomic E-state index is 5.94. The van der Waals surface area contributed by atoms with Crippen LogP contribution in [0.15, 0.2) is 65.0 Å². The largest absolute Gasteiger partial charge is 0.497 e. The van der Waals surface area contributed by atoms with Crippen molar-refractivity contribution < 1.29 is 4.74 Å². The average Bonchev–Trinajstić information content (AvgIpc) is 3.10. The number of rotatable bonds is 5. The second kappa shape index (κ2) is 7.61. The van der Waals surface area contributed by atoms with Gasteiger partial charge in [-0.25, -0.2) is 9.98 Å². The number of nitrogens with two attached hydrogens (primary N) is 1. The minimum atomic E-state index is 0.347. The summed E-state index contributed by atoms with van der Waals surface area (Å²) in [6.45, 7) is 0.445. The molecule has 5 nitrogen and oxygen atoms in total. The fourth-order valence-corrected chi connectivity index (χ4v) is 2.89. The lowest BCUT2D eigenvalue weighted by Gasteiger charge is -2.06. The van der Waals surface area contributed by atoms with Gasteiger partial charge in [0.2, 0.25) is 0 Å². The molecule has 0 radical (unpaired) electrons. The molecule has 1 heterocycles. The van der Waals surface area contributed by atoms with Crippen LogP contribution in [0.3, 0.4) is 0 Å². The lowest BCUT2D eigenvalue weighted by Crippen LogP contribution is -2.22. The Labute approximate surface area is 144 Å². The van der Waals surface area contributed by atoms with Crippen LogP contribution in [0.2, 0.25) is 0 Å². The van der Waals surface area contributed by atoms with Crippen molar-refractivity contribution >= 4 is 23.0 Å². The van der Waals surface area contributed by atoms with E-state index in [-0.39, 0.29) is 0 Å². The molecule has 2 aromatic carbocycles. The van der Waals surface area contributed by atoms with E-state index in [0.29, 0.717) is 12.5 Å². The summed E-state index contributed by atoms with van der Waals surface area (Å²) in [7, 11) is 1.63. The van der Waals surface area contributed by atoms with Gasteiger partial charge in [-0.05, 0) is 12.1 Å². The zero-order chi connectivity index (χ0) is 16.8. The molecule has 0 bridgehead atoms. The molecule has 0 unspecified atom stereocenters. The summed E-state index contributed by atoms with van der Waals surface area (Å²) < 4.78 is 5.18. The Morgan fingerprint density at radius 2 is 2.04 bits per heavy atom. The molecule has 0 aliphatic rings. The molecule has 3 rings (SSSR count). The molecule has 0 saturated carbocycles. The molecule has 3 aromatic rings. The van der Waals surface area contributed by atoms with E-state index >= 15 is 0 Å². The lowest BCUT2D eigenvalue weighted by molar-refractivity contribution is 0.415. The Balaban J connectivity index is 1.64. The zero-order valence-corrected chi connectivity index (χ0v) is 14.1. The molecule has 6 heteroatoms. The Morgan fingerprint density at radius 3 is 2.83 bits per heavy atom.